The van der Waals surface area contributed by atoms with Crippen LogP contribution in [0.5, 0.6) is 5.75 Å². The Balaban J connectivity index is 1.87. The van der Waals surface area contributed by atoms with Crippen molar-refractivity contribution in [2.45, 2.75) is 90.4 Å². The molecule has 0 aliphatic carbocycles. The summed E-state index contributed by atoms with van der Waals surface area (Å²) in [5, 5.41) is 0. The van der Waals surface area contributed by atoms with Gasteiger partial charge in [-0.25, -0.2) is 0 Å². The van der Waals surface area contributed by atoms with Crippen LogP contribution < -0.4 is 4.74 Å². The van der Waals surface area contributed by atoms with E-state index in [0.717, 1.165) is 12.2 Å². The molecular formula is C28H50O7S. The van der Waals surface area contributed by atoms with Crippen LogP contribution in [0.2, 0.25) is 0 Å². The van der Waals surface area contributed by atoms with Gasteiger partial charge in [-0.3, -0.25) is 4.55 Å². The van der Waals surface area contributed by atoms with Crippen LogP contribution in [-0.4, -0.2) is 65.0 Å². The van der Waals surface area contributed by atoms with E-state index >= 15 is 0 Å². The molecule has 1 N–H and O–H groups in total. The van der Waals surface area contributed by atoms with E-state index < -0.39 is 10.1 Å². The second-order valence-electron chi connectivity index (χ2n) is 9.25. The van der Waals surface area contributed by atoms with Gasteiger partial charge in [0.1, 0.15) is 12.4 Å². The Morgan fingerprint density at radius 2 is 1.08 bits per heavy atom. The topological polar surface area (TPSA) is 91.3 Å². The van der Waals surface area contributed by atoms with Crippen LogP contribution in [0.25, 0.3) is 0 Å². The molecule has 1 aromatic rings. The minimum atomic E-state index is -3.90. The van der Waals surface area contributed by atoms with Gasteiger partial charge in [0.15, 0.2) is 0 Å². The summed E-state index contributed by atoms with van der Waals surface area (Å²) < 4.78 is 51.6. The minimum absolute atomic E-state index is 0.268. The first-order valence-electron chi connectivity index (χ1n) is 13.9. The number of rotatable bonds is 26. The smallest absolute Gasteiger partial charge is 0.264 e. The second-order valence-corrected chi connectivity index (χ2v) is 10.8. The zero-order valence-corrected chi connectivity index (χ0v) is 23.3. The van der Waals surface area contributed by atoms with Crippen LogP contribution in [0.15, 0.2) is 24.3 Å². The van der Waals surface area contributed by atoms with Gasteiger partial charge in [0.25, 0.3) is 10.1 Å². The molecule has 210 valence electrons. The van der Waals surface area contributed by atoms with Gasteiger partial charge in [-0.2, -0.15) is 8.42 Å². The van der Waals surface area contributed by atoms with E-state index in [1.807, 2.05) is 12.1 Å². The lowest BCUT2D eigenvalue weighted by Gasteiger charge is -2.09. The molecule has 0 fully saturated rings. The van der Waals surface area contributed by atoms with Gasteiger partial charge in [-0.1, -0.05) is 83.3 Å². The molecule has 0 amide bonds. The molecule has 0 radical (unpaired) electrons. The first-order chi connectivity index (χ1) is 17.5. The third-order valence-corrected chi connectivity index (χ3v) is 6.73. The van der Waals surface area contributed by atoms with Crippen molar-refractivity contribution in [2.75, 3.05) is 52.0 Å². The Morgan fingerprint density at radius 3 is 1.61 bits per heavy atom. The van der Waals surface area contributed by atoms with E-state index in [1.54, 1.807) is 0 Å². The maximum atomic E-state index is 10.6. The van der Waals surface area contributed by atoms with E-state index in [1.165, 1.54) is 76.2 Å². The molecule has 0 bridgehead atoms. The minimum Gasteiger partial charge on any atom is -0.491 e. The van der Waals surface area contributed by atoms with Gasteiger partial charge >= 0.3 is 0 Å². The predicted molar refractivity (Wildman–Crippen MR) is 146 cm³/mol. The normalized spacial score (nSPS) is 11.7. The molecule has 0 aliphatic rings. The average molecular weight is 531 g/mol. The molecule has 0 aromatic heterocycles. The zero-order chi connectivity index (χ0) is 26.2. The Morgan fingerprint density at radius 1 is 0.611 bits per heavy atom. The Hall–Kier alpha value is -1.19. The lowest BCUT2D eigenvalue weighted by Crippen LogP contribution is -2.13. The van der Waals surface area contributed by atoms with Crippen LogP contribution in [0.4, 0.5) is 0 Å². The molecule has 0 unspecified atom stereocenters. The largest absolute Gasteiger partial charge is 0.491 e. The predicted octanol–water partition coefficient (Wildman–Crippen LogP) is 6.25. The van der Waals surface area contributed by atoms with Crippen molar-refractivity contribution in [1.29, 1.82) is 0 Å². The Kier molecular flexibility index (Phi) is 20.9. The van der Waals surface area contributed by atoms with Gasteiger partial charge in [0.05, 0.1) is 38.8 Å². The number of benzene rings is 1. The monoisotopic (exact) mass is 530 g/mol. The summed E-state index contributed by atoms with van der Waals surface area (Å²) in [6.07, 6.45) is 16.5. The SMILES string of the molecule is CCCCCCCCCCCCCc1ccc(OCCOCCOCCOCCCS(=O)(=O)O)cc1. The quantitative estimate of drug-likeness (QED) is 0.112. The molecule has 36 heavy (non-hydrogen) atoms. The maximum Gasteiger partial charge on any atom is 0.264 e. The number of ether oxygens (including phenoxy) is 4. The van der Waals surface area contributed by atoms with E-state index in [9.17, 15) is 8.42 Å². The summed E-state index contributed by atoms with van der Waals surface area (Å²) in [4.78, 5) is 0. The molecule has 1 rings (SSSR count). The fourth-order valence-electron chi connectivity index (χ4n) is 3.85. The van der Waals surface area contributed by atoms with Crippen LogP contribution in [0.3, 0.4) is 0 Å². The van der Waals surface area contributed by atoms with Gasteiger partial charge in [-0.05, 0) is 37.0 Å². The van der Waals surface area contributed by atoms with Gasteiger partial charge in [0.2, 0.25) is 0 Å². The van der Waals surface area contributed by atoms with Crippen molar-refractivity contribution in [1.82, 2.24) is 0 Å². The summed E-state index contributed by atoms with van der Waals surface area (Å²) in [5.74, 6) is 0.580. The van der Waals surface area contributed by atoms with Crippen LogP contribution >= 0.6 is 0 Å². The van der Waals surface area contributed by atoms with Gasteiger partial charge in [-0.15, -0.1) is 0 Å². The summed E-state index contributed by atoms with van der Waals surface area (Å²) in [5.41, 5.74) is 1.37. The third kappa shape index (κ3) is 22.0. The highest BCUT2D eigenvalue weighted by Crippen LogP contribution is 2.16. The van der Waals surface area contributed by atoms with Crippen molar-refractivity contribution in [3.05, 3.63) is 29.8 Å². The highest BCUT2D eigenvalue weighted by atomic mass is 32.2. The fraction of sp³-hybridized carbons (Fsp3) is 0.786. The number of hydrogen-bond acceptors (Lipinski definition) is 6. The van der Waals surface area contributed by atoms with Crippen LogP contribution in [0.1, 0.15) is 89.5 Å². The Labute approximate surface area is 220 Å². The molecule has 0 spiro atoms. The summed E-state index contributed by atoms with van der Waals surface area (Å²) in [6, 6.07) is 8.39. The lowest BCUT2D eigenvalue weighted by molar-refractivity contribution is 0.00949. The van der Waals surface area contributed by atoms with E-state index in [0.29, 0.717) is 39.6 Å². The maximum absolute atomic E-state index is 10.6. The molecule has 8 heteroatoms. The van der Waals surface area contributed by atoms with Crippen LogP contribution in [-0.2, 0) is 30.7 Å². The number of aryl methyl sites for hydroxylation is 1. The molecule has 0 aliphatic heterocycles. The van der Waals surface area contributed by atoms with E-state index in [2.05, 4.69) is 19.1 Å². The van der Waals surface area contributed by atoms with Crippen molar-refractivity contribution < 1.29 is 31.9 Å². The van der Waals surface area contributed by atoms with E-state index in [4.69, 9.17) is 23.5 Å². The summed E-state index contributed by atoms with van der Waals surface area (Å²) in [7, 11) is -3.90. The van der Waals surface area contributed by atoms with Gasteiger partial charge in [0, 0.05) is 6.61 Å². The Bertz CT molecular complexity index is 707. The van der Waals surface area contributed by atoms with Gasteiger partial charge < -0.3 is 18.9 Å². The molecule has 0 atom stereocenters. The highest BCUT2D eigenvalue weighted by molar-refractivity contribution is 7.85. The average Bonchev–Trinajstić information content (AvgIpc) is 2.85. The van der Waals surface area contributed by atoms with Crippen molar-refractivity contribution in [3.63, 3.8) is 0 Å². The van der Waals surface area contributed by atoms with Crippen molar-refractivity contribution in [2.24, 2.45) is 0 Å². The molecule has 7 nitrogen and oxygen atoms in total. The fourth-order valence-corrected chi connectivity index (χ4v) is 4.33. The van der Waals surface area contributed by atoms with Crippen LogP contribution in [0, 0.1) is 0 Å². The van der Waals surface area contributed by atoms with E-state index in [-0.39, 0.29) is 18.8 Å². The lowest BCUT2D eigenvalue weighted by atomic mass is 10.0. The first-order valence-corrected chi connectivity index (χ1v) is 15.5. The summed E-state index contributed by atoms with van der Waals surface area (Å²) in [6.45, 7) is 5.27. The molecule has 1 aromatic carbocycles. The molecule has 0 heterocycles. The highest BCUT2D eigenvalue weighted by Gasteiger charge is 2.03. The second kappa shape index (κ2) is 23.0. The number of unbranched alkanes of at least 4 members (excludes halogenated alkanes) is 10. The van der Waals surface area contributed by atoms with Crippen molar-refractivity contribution in [3.8, 4) is 5.75 Å². The molecule has 0 saturated heterocycles. The standard InChI is InChI=1S/C28H50O7S/c1-2-3-4-5-6-7-8-9-10-11-12-14-27-15-17-28(18-16-27)35-25-24-34-23-22-33-21-20-32-19-13-26-36(29,30)31/h15-18H,2-14,19-26H2,1H3,(H,29,30,31). The summed E-state index contributed by atoms with van der Waals surface area (Å²) >= 11 is 0. The zero-order valence-electron chi connectivity index (χ0n) is 22.5. The number of hydrogen-bond donors (Lipinski definition) is 1. The third-order valence-electron chi connectivity index (χ3n) is 5.92. The van der Waals surface area contributed by atoms with Crippen molar-refractivity contribution >= 4 is 10.1 Å². The molecular weight excluding hydrogens is 480 g/mol. The molecule has 0 saturated carbocycles. The first kappa shape index (κ1) is 32.8.